The summed E-state index contributed by atoms with van der Waals surface area (Å²) >= 11 is 0. The van der Waals surface area contributed by atoms with Crippen molar-refractivity contribution in [2.45, 2.75) is 38.1 Å². The number of nitrogens with two attached hydrogens (primary N) is 1. The zero-order valence-electron chi connectivity index (χ0n) is 19.5. The predicted molar refractivity (Wildman–Crippen MR) is 132 cm³/mol. The molecule has 0 heterocycles. The van der Waals surface area contributed by atoms with Crippen LogP contribution >= 0.6 is 0 Å². The minimum atomic E-state index is -1.82. The summed E-state index contributed by atoms with van der Waals surface area (Å²) < 4.78 is 6.26. The summed E-state index contributed by atoms with van der Waals surface area (Å²) in [6, 6.07) is 24.3. The van der Waals surface area contributed by atoms with E-state index in [-0.39, 0.29) is 6.04 Å². The van der Waals surface area contributed by atoms with E-state index in [9.17, 15) is 5.11 Å². The quantitative estimate of drug-likeness (QED) is 0.396. The van der Waals surface area contributed by atoms with E-state index in [1.165, 1.54) is 5.56 Å². The van der Waals surface area contributed by atoms with Crippen LogP contribution in [-0.2, 0) is 29.2 Å². The molecule has 0 aliphatic heterocycles. The number of carboxylic acids is 2. The normalized spacial score (nSPS) is 16.3. The molecule has 4 rings (SSSR count). The summed E-state index contributed by atoms with van der Waals surface area (Å²) in [7, 11) is 2.08. The molecule has 1 aliphatic rings. The van der Waals surface area contributed by atoms with Gasteiger partial charge < -0.3 is 30.7 Å². The minimum Gasteiger partial charge on any atom is -0.487 e. The van der Waals surface area contributed by atoms with Gasteiger partial charge in [-0.2, -0.15) is 0 Å². The molecule has 5 N–H and O–H groups in total. The second-order valence-corrected chi connectivity index (χ2v) is 8.35. The zero-order valence-corrected chi connectivity index (χ0v) is 19.5. The highest BCUT2D eigenvalue weighted by Crippen LogP contribution is 2.41. The van der Waals surface area contributed by atoms with Gasteiger partial charge in [-0.3, -0.25) is 0 Å². The zero-order chi connectivity index (χ0) is 25.4. The third-order valence-corrected chi connectivity index (χ3v) is 5.80. The van der Waals surface area contributed by atoms with Gasteiger partial charge in [0.1, 0.15) is 12.4 Å². The van der Waals surface area contributed by atoms with Gasteiger partial charge in [-0.1, -0.05) is 66.7 Å². The molecule has 3 aromatic carbocycles. The van der Waals surface area contributed by atoms with E-state index < -0.39 is 18.0 Å². The predicted octanol–water partition coefficient (Wildman–Crippen LogP) is 3.36. The van der Waals surface area contributed by atoms with Crippen molar-refractivity contribution in [2.75, 3.05) is 11.9 Å². The number of aliphatic hydroxyl groups excluding tert-OH is 1. The van der Waals surface area contributed by atoms with Crippen molar-refractivity contribution < 1.29 is 29.6 Å². The van der Waals surface area contributed by atoms with E-state index in [1.807, 2.05) is 36.4 Å². The number of carbonyl (C=O) groups is 2. The largest absolute Gasteiger partial charge is 0.487 e. The average molecular weight is 479 g/mol. The van der Waals surface area contributed by atoms with Crippen molar-refractivity contribution >= 4 is 17.6 Å². The number of benzene rings is 3. The van der Waals surface area contributed by atoms with Crippen LogP contribution in [0.3, 0.4) is 0 Å². The van der Waals surface area contributed by atoms with Crippen LogP contribution in [0.5, 0.6) is 5.75 Å². The van der Waals surface area contributed by atoms with Gasteiger partial charge in [0, 0.05) is 19.6 Å². The second kappa shape index (κ2) is 12.0. The Morgan fingerprint density at radius 3 is 2.09 bits per heavy atom. The fourth-order valence-electron chi connectivity index (χ4n) is 4.08. The number of aliphatic hydroxyl groups is 1. The number of anilines is 1. The fourth-order valence-corrected chi connectivity index (χ4v) is 4.08. The Kier molecular flexibility index (Phi) is 8.83. The monoisotopic (exact) mass is 478 g/mol. The van der Waals surface area contributed by atoms with Crippen LogP contribution in [-0.4, -0.2) is 40.3 Å². The molecular formula is C27H30N2O6. The molecule has 0 bridgehead atoms. The van der Waals surface area contributed by atoms with E-state index in [1.54, 1.807) is 0 Å². The maximum atomic E-state index is 10.6. The molecule has 35 heavy (non-hydrogen) atoms. The number of hydrogen-bond donors (Lipinski definition) is 4. The number of nitrogens with zero attached hydrogens (tertiary/aromatic N) is 1. The molecule has 8 nitrogen and oxygen atoms in total. The summed E-state index contributed by atoms with van der Waals surface area (Å²) in [6.45, 7) is 1.27. The van der Waals surface area contributed by atoms with Crippen molar-refractivity contribution in [3.8, 4) is 5.75 Å². The standard InChI is InChI=1S/C25H28N2O2.C2H2O4/c1-27(16-18-8-4-2-5-9-18)24-20-12-14-22(26)25(28)21(20)13-15-23(24)29-17-19-10-6-3-7-11-19;3-1(4)2(5)6/h2-11,13,15,22,25,28H,12,14,16-17,26H2,1H3;(H,3,4)(H,5,6)/t22-,25-;/m0./s1. The van der Waals surface area contributed by atoms with Crippen LogP contribution in [0.2, 0.25) is 0 Å². The molecule has 0 saturated carbocycles. The molecule has 3 aromatic rings. The highest BCUT2D eigenvalue weighted by molar-refractivity contribution is 6.27. The van der Waals surface area contributed by atoms with Crippen molar-refractivity contribution in [1.29, 1.82) is 0 Å². The molecule has 8 heteroatoms. The molecule has 0 spiro atoms. The third-order valence-electron chi connectivity index (χ3n) is 5.80. The van der Waals surface area contributed by atoms with Gasteiger partial charge in [0.15, 0.2) is 0 Å². The summed E-state index contributed by atoms with van der Waals surface area (Å²) in [5.74, 6) is -2.81. The second-order valence-electron chi connectivity index (χ2n) is 8.35. The molecule has 0 unspecified atom stereocenters. The Morgan fingerprint density at radius 1 is 0.943 bits per heavy atom. The van der Waals surface area contributed by atoms with Crippen molar-refractivity contribution in [1.82, 2.24) is 0 Å². The first kappa shape index (κ1) is 25.7. The topological polar surface area (TPSA) is 133 Å². The highest BCUT2D eigenvalue weighted by Gasteiger charge is 2.29. The lowest BCUT2D eigenvalue weighted by molar-refractivity contribution is -0.159. The van der Waals surface area contributed by atoms with Crippen LogP contribution in [0.1, 0.15) is 34.8 Å². The van der Waals surface area contributed by atoms with E-state index in [2.05, 4.69) is 48.3 Å². The third kappa shape index (κ3) is 6.81. The molecule has 0 amide bonds. The summed E-state index contributed by atoms with van der Waals surface area (Å²) in [4.78, 5) is 20.4. The maximum absolute atomic E-state index is 10.6. The van der Waals surface area contributed by atoms with E-state index in [4.69, 9.17) is 30.3 Å². The smallest absolute Gasteiger partial charge is 0.414 e. The van der Waals surface area contributed by atoms with Gasteiger partial charge in [0.05, 0.1) is 11.8 Å². The maximum Gasteiger partial charge on any atom is 0.414 e. The Hall–Kier alpha value is -3.88. The number of aliphatic carboxylic acids is 2. The van der Waals surface area contributed by atoms with Crippen molar-refractivity contribution in [2.24, 2.45) is 5.73 Å². The SMILES string of the molecule is CN(Cc1ccccc1)c1c(OCc2ccccc2)ccc2c1CC[C@H](N)[C@H]2O.O=C(O)C(=O)O. The first-order valence-electron chi connectivity index (χ1n) is 11.2. The number of carboxylic acid groups (broad SMARTS) is 2. The van der Waals surface area contributed by atoms with Crippen LogP contribution in [0.4, 0.5) is 5.69 Å². The highest BCUT2D eigenvalue weighted by atomic mass is 16.5. The molecule has 0 aromatic heterocycles. The summed E-state index contributed by atoms with van der Waals surface area (Å²) in [5, 5.41) is 25.4. The number of hydrogen-bond acceptors (Lipinski definition) is 6. The van der Waals surface area contributed by atoms with Crippen LogP contribution in [0, 0.1) is 0 Å². The Morgan fingerprint density at radius 2 is 1.51 bits per heavy atom. The molecule has 0 radical (unpaired) electrons. The van der Waals surface area contributed by atoms with Crippen LogP contribution in [0.15, 0.2) is 72.8 Å². The van der Waals surface area contributed by atoms with Gasteiger partial charge in [-0.05, 0) is 41.2 Å². The van der Waals surface area contributed by atoms with Crippen LogP contribution in [0.25, 0.3) is 0 Å². The first-order chi connectivity index (χ1) is 16.8. The lowest BCUT2D eigenvalue weighted by Gasteiger charge is -2.33. The molecule has 0 fully saturated rings. The molecule has 184 valence electrons. The molecular weight excluding hydrogens is 448 g/mol. The average Bonchev–Trinajstić information content (AvgIpc) is 2.86. The summed E-state index contributed by atoms with van der Waals surface area (Å²) in [6.07, 6.45) is 0.971. The lowest BCUT2D eigenvalue weighted by atomic mass is 9.84. The Balaban J connectivity index is 0.000000509. The minimum absolute atomic E-state index is 0.217. The van der Waals surface area contributed by atoms with Crippen LogP contribution < -0.4 is 15.4 Å². The van der Waals surface area contributed by atoms with E-state index in [0.29, 0.717) is 6.61 Å². The molecule has 0 saturated heterocycles. The number of fused-ring (bicyclic) bond motifs is 1. The fraction of sp³-hybridized carbons (Fsp3) is 0.259. The van der Waals surface area contributed by atoms with Gasteiger partial charge in [-0.15, -0.1) is 0 Å². The summed E-state index contributed by atoms with van der Waals surface area (Å²) in [5.41, 5.74) is 11.6. The Labute approximate surface area is 204 Å². The number of rotatable bonds is 6. The first-order valence-corrected chi connectivity index (χ1v) is 11.2. The van der Waals surface area contributed by atoms with Gasteiger partial charge in [0.2, 0.25) is 0 Å². The van der Waals surface area contributed by atoms with E-state index >= 15 is 0 Å². The van der Waals surface area contributed by atoms with Gasteiger partial charge >= 0.3 is 11.9 Å². The number of ether oxygens (including phenoxy) is 1. The lowest BCUT2D eigenvalue weighted by Crippen LogP contribution is -2.34. The van der Waals surface area contributed by atoms with Crippen molar-refractivity contribution in [3.63, 3.8) is 0 Å². The van der Waals surface area contributed by atoms with E-state index in [0.717, 1.165) is 47.5 Å². The molecule has 2 atom stereocenters. The van der Waals surface area contributed by atoms with Gasteiger partial charge in [0.25, 0.3) is 0 Å². The molecule has 1 aliphatic carbocycles. The van der Waals surface area contributed by atoms with Crippen molar-refractivity contribution in [3.05, 3.63) is 95.1 Å². The Bertz CT molecular complexity index is 1130. The van der Waals surface area contributed by atoms with Gasteiger partial charge in [-0.25, -0.2) is 9.59 Å².